The molecule has 2 heterocycles. The lowest BCUT2D eigenvalue weighted by Crippen LogP contribution is -2.21. The van der Waals surface area contributed by atoms with Gasteiger partial charge in [0, 0.05) is 34.9 Å². The van der Waals surface area contributed by atoms with E-state index in [-0.39, 0.29) is 12.0 Å². The van der Waals surface area contributed by atoms with E-state index in [1.165, 1.54) is 73.9 Å². The van der Waals surface area contributed by atoms with Gasteiger partial charge >= 0.3 is 0 Å². The van der Waals surface area contributed by atoms with E-state index in [4.69, 9.17) is 9.98 Å². The first kappa shape index (κ1) is 30.1. The van der Waals surface area contributed by atoms with Crippen molar-refractivity contribution in [3.8, 4) is 0 Å². The average Bonchev–Trinajstić information content (AvgIpc) is 3.22. The zero-order valence-electron chi connectivity index (χ0n) is 29.3. The lowest BCUT2D eigenvalue weighted by molar-refractivity contribution is 0.592. The maximum atomic E-state index is 5.23. The first-order valence-electron chi connectivity index (χ1n) is 19.2. The maximum absolute atomic E-state index is 5.23. The van der Waals surface area contributed by atoms with Crippen LogP contribution in [-0.4, -0.2) is 11.2 Å². The Morgan fingerprint density at radius 1 is 0.635 bits per heavy atom. The molecule has 52 heavy (non-hydrogen) atoms. The molecule has 250 valence electrons. The number of aliphatic imine (C=N–C) groups is 1. The summed E-state index contributed by atoms with van der Waals surface area (Å²) < 4.78 is 0. The predicted molar refractivity (Wildman–Crippen MR) is 217 cm³/mol. The molecule has 0 fully saturated rings. The third-order valence-corrected chi connectivity index (χ3v) is 12.6. The van der Waals surface area contributed by atoms with Gasteiger partial charge in [-0.1, -0.05) is 139 Å². The number of benzene rings is 3. The average molecular weight is 669 g/mol. The minimum atomic E-state index is 0.0368. The standard InChI is InChI=1S/C50H40N2/c1-2-8-31(9-3-1)35-18-15-33-21-25-42-39(12-6-13-41(42)46(33)29-35)37-23-24-40-36(28-37)19-16-32-17-20-38(30-45(32)40)48-43-11-4-5-14-47(43)52-50-44(48)26-22-34-10-7-27-51-49(34)50/h1-14,16-17,19-20,22,26-30,32,34,45,49H,15,18,21,23-25H2. The second kappa shape index (κ2) is 12.0. The van der Waals surface area contributed by atoms with Crippen LogP contribution in [0, 0.1) is 17.8 Å². The fraction of sp³-hybridized carbons (Fsp3) is 0.200. The molecule has 0 spiro atoms. The number of allylic oxidation sites excluding steroid dienone is 15. The molecule has 4 unspecified atom stereocenters. The minimum Gasteiger partial charge on any atom is -0.282 e. The van der Waals surface area contributed by atoms with Crippen LogP contribution in [0.5, 0.6) is 0 Å². The van der Waals surface area contributed by atoms with Crippen molar-refractivity contribution in [1.29, 1.82) is 0 Å². The normalized spacial score (nSPS) is 25.0. The van der Waals surface area contributed by atoms with Crippen LogP contribution < -0.4 is 0 Å². The Hall–Kier alpha value is -5.60. The summed E-state index contributed by atoms with van der Waals surface area (Å²) in [5.74, 6) is 1.01. The number of aromatic nitrogens is 1. The summed E-state index contributed by atoms with van der Waals surface area (Å²) in [6, 6.07) is 26.8. The zero-order valence-corrected chi connectivity index (χ0v) is 29.3. The van der Waals surface area contributed by atoms with Crippen molar-refractivity contribution in [2.45, 2.75) is 44.6 Å². The van der Waals surface area contributed by atoms with E-state index in [1.807, 2.05) is 6.21 Å². The molecule has 0 amide bonds. The highest BCUT2D eigenvalue weighted by molar-refractivity contribution is 5.99. The molecule has 2 heteroatoms. The van der Waals surface area contributed by atoms with Gasteiger partial charge in [0.25, 0.3) is 0 Å². The number of para-hydroxylation sites is 1. The van der Waals surface area contributed by atoms with Crippen LogP contribution in [0.2, 0.25) is 0 Å². The van der Waals surface area contributed by atoms with E-state index >= 15 is 0 Å². The second-order valence-corrected chi connectivity index (χ2v) is 15.3. The van der Waals surface area contributed by atoms with Gasteiger partial charge in [0.1, 0.15) is 6.04 Å². The van der Waals surface area contributed by atoms with Crippen LogP contribution in [-0.2, 0) is 6.42 Å². The molecule has 1 aliphatic heterocycles. The Labute approximate surface area is 306 Å². The molecule has 11 rings (SSSR count). The molecule has 2 nitrogen and oxygen atoms in total. The summed E-state index contributed by atoms with van der Waals surface area (Å²) in [4.78, 5) is 10.1. The summed E-state index contributed by atoms with van der Waals surface area (Å²) >= 11 is 0. The van der Waals surface area contributed by atoms with Crippen LogP contribution in [0.3, 0.4) is 0 Å². The fourth-order valence-corrected chi connectivity index (χ4v) is 10.1. The number of pyridine rings is 1. The third-order valence-electron chi connectivity index (χ3n) is 12.6. The lowest BCUT2D eigenvalue weighted by Gasteiger charge is -2.35. The van der Waals surface area contributed by atoms with Crippen LogP contribution in [0.15, 0.2) is 155 Å². The van der Waals surface area contributed by atoms with Crippen molar-refractivity contribution in [2.24, 2.45) is 22.7 Å². The third kappa shape index (κ3) is 4.77. The number of rotatable bonds is 3. The molecule has 4 atom stereocenters. The van der Waals surface area contributed by atoms with E-state index in [2.05, 4.69) is 140 Å². The molecule has 3 aromatic carbocycles. The van der Waals surface area contributed by atoms with E-state index in [1.54, 1.807) is 16.7 Å². The van der Waals surface area contributed by atoms with Crippen molar-refractivity contribution in [3.63, 3.8) is 0 Å². The van der Waals surface area contributed by atoms with Crippen LogP contribution in [0.1, 0.15) is 77.2 Å². The largest absolute Gasteiger partial charge is 0.282 e. The zero-order chi connectivity index (χ0) is 34.2. The lowest BCUT2D eigenvalue weighted by atomic mass is 9.70. The predicted octanol–water partition coefficient (Wildman–Crippen LogP) is 12.1. The molecule has 0 radical (unpaired) electrons. The first-order valence-corrected chi connectivity index (χ1v) is 19.2. The molecule has 0 N–H and O–H groups in total. The Kier molecular flexibility index (Phi) is 6.93. The Morgan fingerprint density at radius 2 is 1.46 bits per heavy atom. The summed E-state index contributed by atoms with van der Waals surface area (Å²) in [7, 11) is 0. The number of dihydropyridines is 1. The highest BCUT2D eigenvalue weighted by atomic mass is 14.9. The van der Waals surface area contributed by atoms with Crippen molar-refractivity contribution in [3.05, 3.63) is 189 Å². The van der Waals surface area contributed by atoms with Gasteiger partial charge in [0.05, 0.1) is 11.2 Å². The van der Waals surface area contributed by atoms with E-state index < -0.39 is 0 Å². The summed E-state index contributed by atoms with van der Waals surface area (Å²) in [5, 5.41) is 1.22. The van der Waals surface area contributed by atoms with Crippen LogP contribution >= 0.6 is 0 Å². The van der Waals surface area contributed by atoms with Gasteiger partial charge in [-0.2, -0.15) is 0 Å². The quantitative estimate of drug-likeness (QED) is 0.213. The Bertz CT molecular complexity index is 2520. The van der Waals surface area contributed by atoms with Crippen LogP contribution in [0.25, 0.3) is 39.3 Å². The molecular formula is C50H40N2. The van der Waals surface area contributed by atoms with E-state index in [0.29, 0.717) is 11.8 Å². The highest BCUT2D eigenvalue weighted by Gasteiger charge is 2.34. The summed E-state index contributed by atoms with van der Waals surface area (Å²) in [6.07, 6.45) is 35.0. The van der Waals surface area contributed by atoms with Gasteiger partial charge in [0.15, 0.2) is 0 Å². The van der Waals surface area contributed by atoms with Gasteiger partial charge in [-0.05, 0) is 106 Å². The highest BCUT2D eigenvalue weighted by Crippen LogP contribution is 2.49. The second-order valence-electron chi connectivity index (χ2n) is 15.3. The Balaban J connectivity index is 0.970. The molecule has 4 aromatic rings. The molecule has 1 aromatic heterocycles. The van der Waals surface area contributed by atoms with Gasteiger partial charge < -0.3 is 0 Å². The monoisotopic (exact) mass is 668 g/mol. The smallest absolute Gasteiger partial charge is 0.102 e. The topological polar surface area (TPSA) is 25.2 Å². The van der Waals surface area contributed by atoms with Crippen LogP contribution in [0.4, 0.5) is 0 Å². The van der Waals surface area contributed by atoms with Gasteiger partial charge in [0.2, 0.25) is 0 Å². The van der Waals surface area contributed by atoms with E-state index in [0.717, 1.165) is 36.9 Å². The Morgan fingerprint density at radius 3 is 2.42 bits per heavy atom. The number of hydrogen-bond acceptors (Lipinski definition) is 2. The molecule has 7 aliphatic rings. The minimum absolute atomic E-state index is 0.0368. The molecule has 0 bridgehead atoms. The molecular weight excluding hydrogens is 629 g/mol. The van der Waals surface area contributed by atoms with Crippen molar-refractivity contribution in [2.75, 3.05) is 0 Å². The van der Waals surface area contributed by atoms with Gasteiger partial charge in [-0.15, -0.1) is 0 Å². The SMILES string of the molecule is C1=CC2C=Cc3c(nc4ccccc4c3C3=CC4C5=C(C=CC4C=C3)C=C(c3cccc4c3CCC3=C4C=C(c4ccccc4)CC3)CC5)C2N=C1. The molecule has 0 saturated heterocycles. The summed E-state index contributed by atoms with van der Waals surface area (Å²) in [5.41, 5.74) is 20.9. The van der Waals surface area contributed by atoms with Gasteiger partial charge in [-0.25, -0.2) is 4.98 Å². The van der Waals surface area contributed by atoms with Gasteiger partial charge in [-0.3, -0.25) is 4.99 Å². The fourth-order valence-electron chi connectivity index (χ4n) is 10.1. The van der Waals surface area contributed by atoms with E-state index in [9.17, 15) is 0 Å². The maximum Gasteiger partial charge on any atom is 0.102 e. The number of nitrogens with zero attached hydrogens (tertiary/aromatic N) is 2. The molecule has 0 saturated carbocycles. The first-order chi connectivity index (χ1) is 25.8. The summed E-state index contributed by atoms with van der Waals surface area (Å²) in [6.45, 7) is 0. The number of hydrogen-bond donors (Lipinski definition) is 0. The van der Waals surface area contributed by atoms with Crippen molar-refractivity contribution >= 4 is 45.5 Å². The van der Waals surface area contributed by atoms with Crippen molar-refractivity contribution in [1.82, 2.24) is 4.98 Å². The number of fused-ring (bicyclic) bond motifs is 8. The molecule has 6 aliphatic carbocycles. The van der Waals surface area contributed by atoms with Crippen molar-refractivity contribution < 1.29 is 0 Å².